The summed E-state index contributed by atoms with van der Waals surface area (Å²) in [7, 11) is -3.49. The Labute approximate surface area is 102 Å². The molecular formula is C11H16ClNO2S. The van der Waals surface area contributed by atoms with Crippen LogP contribution in [0.4, 0.5) is 0 Å². The minimum atomic E-state index is -3.49. The van der Waals surface area contributed by atoms with Crippen molar-refractivity contribution >= 4 is 21.6 Å². The molecule has 0 spiro atoms. The highest BCUT2D eigenvalue weighted by molar-refractivity contribution is 7.89. The van der Waals surface area contributed by atoms with Gasteiger partial charge in [0.25, 0.3) is 0 Å². The summed E-state index contributed by atoms with van der Waals surface area (Å²) < 4.78 is 26.5. The first-order valence-electron chi connectivity index (χ1n) is 4.93. The van der Waals surface area contributed by atoms with E-state index in [2.05, 4.69) is 4.72 Å². The highest BCUT2D eigenvalue weighted by Gasteiger charge is 2.25. The van der Waals surface area contributed by atoms with Crippen molar-refractivity contribution in [1.29, 1.82) is 0 Å². The predicted molar refractivity (Wildman–Crippen MR) is 66.3 cm³/mol. The number of rotatable bonds is 4. The fourth-order valence-electron chi connectivity index (χ4n) is 1.23. The Kier molecular flexibility index (Phi) is 3.99. The highest BCUT2D eigenvalue weighted by atomic mass is 35.5. The van der Waals surface area contributed by atoms with Gasteiger partial charge in [-0.2, -0.15) is 0 Å². The number of aryl methyl sites for hydroxylation is 1. The minimum absolute atomic E-state index is 0.220. The van der Waals surface area contributed by atoms with E-state index in [-0.39, 0.29) is 10.8 Å². The van der Waals surface area contributed by atoms with Gasteiger partial charge in [-0.05, 0) is 38.5 Å². The Balaban J connectivity index is 3.04. The summed E-state index contributed by atoms with van der Waals surface area (Å²) in [6.45, 7) is 5.34. The second-order valence-electron chi connectivity index (χ2n) is 4.44. The van der Waals surface area contributed by atoms with Gasteiger partial charge < -0.3 is 0 Å². The van der Waals surface area contributed by atoms with Gasteiger partial charge in [0.05, 0.1) is 4.90 Å². The SMILES string of the molecule is Cc1cccc(S(=O)(=O)NC(C)(C)CCl)c1. The van der Waals surface area contributed by atoms with E-state index >= 15 is 0 Å². The van der Waals surface area contributed by atoms with E-state index in [1.54, 1.807) is 32.0 Å². The molecule has 0 saturated carbocycles. The van der Waals surface area contributed by atoms with Crippen molar-refractivity contribution in [2.75, 3.05) is 5.88 Å². The predicted octanol–water partition coefficient (Wildman–Crippen LogP) is 2.29. The van der Waals surface area contributed by atoms with E-state index in [4.69, 9.17) is 11.6 Å². The number of alkyl halides is 1. The van der Waals surface area contributed by atoms with Crippen LogP contribution in [-0.2, 0) is 10.0 Å². The van der Waals surface area contributed by atoms with Crippen molar-refractivity contribution in [2.24, 2.45) is 0 Å². The smallest absolute Gasteiger partial charge is 0.207 e. The molecule has 0 saturated heterocycles. The van der Waals surface area contributed by atoms with Gasteiger partial charge in [0.15, 0.2) is 0 Å². The van der Waals surface area contributed by atoms with Gasteiger partial charge in [0.1, 0.15) is 0 Å². The van der Waals surface area contributed by atoms with Crippen molar-refractivity contribution in [3.8, 4) is 0 Å². The van der Waals surface area contributed by atoms with E-state index in [1.807, 2.05) is 13.0 Å². The molecule has 0 radical (unpaired) electrons. The molecule has 0 aliphatic carbocycles. The first-order valence-corrected chi connectivity index (χ1v) is 6.95. The zero-order valence-corrected chi connectivity index (χ0v) is 11.2. The first kappa shape index (κ1) is 13.5. The summed E-state index contributed by atoms with van der Waals surface area (Å²) in [6, 6.07) is 6.77. The lowest BCUT2D eigenvalue weighted by atomic mass is 10.1. The summed E-state index contributed by atoms with van der Waals surface area (Å²) in [4.78, 5) is 0.269. The van der Waals surface area contributed by atoms with Crippen LogP contribution in [-0.4, -0.2) is 19.8 Å². The molecule has 0 aliphatic heterocycles. The molecular weight excluding hydrogens is 246 g/mol. The molecule has 0 unspecified atom stereocenters. The Morgan fingerprint density at radius 2 is 2.00 bits per heavy atom. The van der Waals surface area contributed by atoms with E-state index < -0.39 is 15.6 Å². The molecule has 90 valence electrons. The second kappa shape index (κ2) is 4.73. The number of nitrogens with one attached hydrogen (secondary N) is 1. The lowest BCUT2D eigenvalue weighted by Gasteiger charge is -2.23. The number of sulfonamides is 1. The average Bonchev–Trinajstić information content (AvgIpc) is 2.16. The summed E-state index contributed by atoms with van der Waals surface area (Å²) in [5.74, 6) is 0.220. The fourth-order valence-corrected chi connectivity index (χ4v) is 2.89. The van der Waals surface area contributed by atoms with Crippen LogP contribution in [0.2, 0.25) is 0 Å². The van der Waals surface area contributed by atoms with Gasteiger partial charge in [-0.1, -0.05) is 12.1 Å². The molecule has 1 aromatic rings. The maximum absolute atomic E-state index is 12.0. The number of halogens is 1. The first-order chi connectivity index (χ1) is 7.27. The molecule has 0 aromatic heterocycles. The van der Waals surface area contributed by atoms with Crippen LogP contribution >= 0.6 is 11.6 Å². The van der Waals surface area contributed by atoms with E-state index in [0.717, 1.165) is 5.56 Å². The third-order valence-corrected chi connectivity index (χ3v) is 4.41. The number of hydrogen-bond acceptors (Lipinski definition) is 2. The Morgan fingerprint density at radius 1 is 1.38 bits per heavy atom. The highest BCUT2D eigenvalue weighted by Crippen LogP contribution is 2.15. The molecule has 0 heterocycles. The molecule has 0 fully saturated rings. The van der Waals surface area contributed by atoms with Crippen LogP contribution < -0.4 is 4.72 Å². The van der Waals surface area contributed by atoms with Crippen molar-refractivity contribution in [2.45, 2.75) is 31.2 Å². The van der Waals surface area contributed by atoms with E-state index in [9.17, 15) is 8.42 Å². The normalized spacial score (nSPS) is 12.8. The van der Waals surface area contributed by atoms with Crippen LogP contribution in [0.25, 0.3) is 0 Å². The number of hydrogen-bond donors (Lipinski definition) is 1. The molecule has 3 nitrogen and oxygen atoms in total. The summed E-state index contributed by atoms with van der Waals surface area (Å²) in [5.41, 5.74) is 0.260. The maximum atomic E-state index is 12.0. The Bertz CT molecular complexity index is 469. The third-order valence-electron chi connectivity index (χ3n) is 2.04. The lowest BCUT2D eigenvalue weighted by Crippen LogP contribution is -2.44. The topological polar surface area (TPSA) is 46.2 Å². The van der Waals surface area contributed by atoms with Crippen molar-refractivity contribution in [1.82, 2.24) is 4.72 Å². The van der Waals surface area contributed by atoms with Crippen LogP contribution in [0.5, 0.6) is 0 Å². The monoisotopic (exact) mass is 261 g/mol. The zero-order chi connectivity index (χ0) is 12.4. The van der Waals surface area contributed by atoms with Crippen molar-refractivity contribution < 1.29 is 8.42 Å². The van der Waals surface area contributed by atoms with Crippen molar-refractivity contribution in [3.05, 3.63) is 29.8 Å². The van der Waals surface area contributed by atoms with Gasteiger partial charge in [-0.15, -0.1) is 11.6 Å². The number of benzene rings is 1. The molecule has 1 rings (SSSR count). The summed E-state index contributed by atoms with van der Waals surface area (Å²) >= 11 is 5.69. The quantitative estimate of drug-likeness (QED) is 0.846. The van der Waals surface area contributed by atoms with Gasteiger partial charge >= 0.3 is 0 Å². The van der Waals surface area contributed by atoms with Crippen LogP contribution in [0.15, 0.2) is 29.2 Å². The summed E-state index contributed by atoms with van der Waals surface area (Å²) in [5, 5.41) is 0. The van der Waals surface area contributed by atoms with E-state index in [0.29, 0.717) is 0 Å². The third kappa shape index (κ3) is 3.47. The largest absolute Gasteiger partial charge is 0.241 e. The van der Waals surface area contributed by atoms with Gasteiger partial charge in [-0.3, -0.25) is 0 Å². The molecule has 16 heavy (non-hydrogen) atoms. The molecule has 1 N–H and O–H groups in total. The molecule has 0 bridgehead atoms. The molecule has 0 aliphatic rings. The van der Waals surface area contributed by atoms with Gasteiger partial charge in [-0.25, -0.2) is 13.1 Å². The van der Waals surface area contributed by atoms with E-state index in [1.165, 1.54) is 0 Å². The average molecular weight is 262 g/mol. The zero-order valence-electron chi connectivity index (χ0n) is 9.62. The standard InChI is InChI=1S/C11H16ClNO2S/c1-9-5-4-6-10(7-9)16(14,15)13-11(2,3)8-12/h4-7,13H,8H2,1-3H3. The Morgan fingerprint density at radius 3 is 2.50 bits per heavy atom. The van der Waals surface area contributed by atoms with Crippen LogP contribution in [0, 0.1) is 6.92 Å². The molecule has 1 aromatic carbocycles. The minimum Gasteiger partial charge on any atom is -0.207 e. The van der Waals surface area contributed by atoms with Crippen LogP contribution in [0.3, 0.4) is 0 Å². The van der Waals surface area contributed by atoms with Gasteiger partial charge in [0.2, 0.25) is 10.0 Å². The molecule has 5 heteroatoms. The fraction of sp³-hybridized carbons (Fsp3) is 0.455. The lowest BCUT2D eigenvalue weighted by molar-refractivity contribution is 0.496. The molecule has 0 atom stereocenters. The van der Waals surface area contributed by atoms with Gasteiger partial charge in [0, 0.05) is 11.4 Å². The van der Waals surface area contributed by atoms with Crippen LogP contribution in [0.1, 0.15) is 19.4 Å². The summed E-state index contributed by atoms with van der Waals surface area (Å²) in [6.07, 6.45) is 0. The maximum Gasteiger partial charge on any atom is 0.241 e. The Hall–Kier alpha value is -0.580. The molecule has 0 amide bonds. The van der Waals surface area contributed by atoms with Crippen molar-refractivity contribution in [3.63, 3.8) is 0 Å². The second-order valence-corrected chi connectivity index (χ2v) is 6.39.